The van der Waals surface area contributed by atoms with Gasteiger partial charge in [0, 0.05) is 30.2 Å². The molecule has 1 atom stereocenters. The fraction of sp³-hybridized carbons (Fsp3) is 0.412. The summed E-state index contributed by atoms with van der Waals surface area (Å²) in [4.78, 5) is 15.9. The number of nitrogens with zero attached hydrogens (tertiary/aromatic N) is 2. The van der Waals surface area contributed by atoms with Crippen molar-refractivity contribution in [3.63, 3.8) is 0 Å². The number of hydrogen-bond acceptors (Lipinski definition) is 6. The van der Waals surface area contributed by atoms with Crippen LogP contribution in [0.2, 0.25) is 0 Å². The molecule has 0 bridgehead atoms. The molecule has 0 unspecified atom stereocenters. The Kier molecular flexibility index (Phi) is 4.47. The molecule has 0 spiro atoms. The van der Waals surface area contributed by atoms with Gasteiger partial charge in [0.25, 0.3) is 0 Å². The molecule has 1 aliphatic rings. The standard InChI is InChI=1S/C17H19N3O2S2/c1-10-9-13(19-22-10)17(3,18)7-5-12-11(2)15-16(24-12)20(4)14(21)6-8-23-15/h9H,6,8,18H2,1-4H3/t17-/m1/s1. The first-order valence-electron chi connectivity index (χ1n) is 7.58. The highest BCUT2D eigenvalue weighted by atomic mass is 32.2. The molecular formula is C17H19N3O2S2. The van der Waals surface area contributed by atoms with Gasteiger partial charge in [0.05, 0.1) is 4.88 Å². The summed E-state index contributed by atoms with van der Waals surface area (Å²) in [5.41, 5.74) is 7.12. The molecule has 0 aromatic carbocycles. The molecule has 5 nitrogen and oxygen atoms in total. The topological polar surface area (TPSA) is 72.4 Å². The predicted octanol–water partition coefficient (Wildman–Crippen LogP) is 3.04. The number of aryl methyl sites for hydroxylation is 1. The van der Waals surface area contributed by atoms with Crippen LogP contribution in [-0.4, -0.2) is 23.9 Å². The summed E-state index contributed by atoms with van der Waals surface area (Å²) in [6.07, 6.45) is 0.565. The lowest BCUT2D eigenvalue weighted by atomic mass is 10.00. The van der Waals surface area contributed by atoms with Gasteiger partial charge in [-0.15, -0.1) is 23.1 Å². The third-order valence-electron chi connectivity index (χ3n) is 3.91. The molecule has 0 fully saturated rings. The van der Waals surface area contributed by atoms with E-state index < -0.39 is 5.54 Å². The average molecular weight is 361 g/mol. The Bertz CT molecular complexity index is 855. The van der Waals surface area contributed by atoms with Gasteiger partial charge in [-0.05, 0) is 26.3 Å². The Morgan fingerprint density at radius 2 is 2.21 bits per heavy atom. The smallest absolute Gasteiger partial charge is 0.228 e. The van der Waals surface area contributed by atoms with E-state index in [-0.39, 0.29) is 5.91 Å². The fourth-order valence-corrected chi connectivity index (χ4v) is 4.84. The van der Waals surface area contributed by atoms with Crippen LogP contribution in [0.4, 0.5) is 5.00 Å². The number of thioether (sulfide) groups is 1. The van der Waals surface area contributed by atoms with E-state index in [1.165, 1.54) is 11.3 Å². The fourth-order valence-electron chi connectivity index (χ4n) is 2.38. The van der Waals surface area contributed by atoms with Gasteiger partial charge in [0.1, 0.15) is 22.0 Å². The first-order valence-corrected chi connectivity index (χ1v) is 9.38. The minimum absolute atomic E-state index is 0.142. The largest absolute Gasteiger partial charge is 0.361 e. The highest BCUT2D eigenvalue weighted by Gasteiger charge is 2.26. The van der Waals surface area contributed by atoms with Crippen LogP contribution in [0, 0.1) is 25.7 Å². The molecule has 2 aromatic rings. The van der Waals surface area contributed by atoms with E-state index >= 15 is 0 Å². The lowest BCUT2D eigenvalue weighted by Gasteiger charge is -2.13. The Morgan fingerprint density at radius 1 is 1.46 bits per heavy atom. The monoisotopic (exact) mass is 361 g/mol. The number of rotatable bonds is 1. The number of thiophene rings is 1. The van der Waals surface area contributed by atoms with Crippen LogP contribution in [0.15, 0.2) is 15.5 Å². The summed E-state index contributed by atoms with van der Waals surface area (Å²) in [7, 11) is 1.82. The Labute approximate surface area is 149 Å². The van der Waals surface area contributed by atoms with Gasteiger partial charge in [-0.3, -0.25) is 4.79 Å². The van der Waals surface area contributed by atoms with Gasteiger partial charge in [-0.1, -0.05) is 17.0 Å². The maximum absolute atomic E-state index is 12.0. The first kappa shape index (κ1) is 17.1. The van der Waals surface area contributed by atoms with E-state index in [1.807, 2.05) is 27.8 Å². The van der Waals surface area contributed by atoms with Crippen LogP contribution in [0.25, 0.3) is 0 Å². The van der Waals surface area contributed by atoms with Gasteiger partial charge in [-0.2, -0.15) is 0 Å². The molecule has 2 aromatic heterocycles. The molecule has 0 saturated carbocycles. The summed E-state index contributed by atoms with van der Waals surface area (Å²) in [5, 5.41) is 4.94. The van der Waals surface area contributed by atoms with Gasteiger partial charge >= 0.3 is 0 Å². The molecule has 0 saturated heterocycles. The summed E-state index contributed by atoms with van der Waals surface area (Å²) in [5.74, 6) is 7.93. The minimum Gasteiger partial charge on any atom is -0.361 e. The lowest BCUT2D eigenvalue weighted by Crippen LogP contribution is -2.31. The number of anilines is 1. The van der Waals surface area contributed by atoms with Gasteiger partial charge in [0.2, 0.25) is 5.91 Å². The van der Waals surface area contributed by atoms with Gasteiger partial charge in [0.15, 0.2) is 0 Å². The number of fused-ring (bicyclic) bond motifs is 1. The summed E-state index contributed by atoms with van der Waals surface area (Å²) < 4.78 is 5.09. The molecule has 1 aliphatic heterocycles. The molecule has 0 aliphatic carbocycles. The van der Waals surface area contributed by atoms with E-state index in [4.69, 9.17) is 10.3 Å². The number of carbonyl (C=O) groups excluding carboxylic acids is 1. The van der Waals surface area contributed by atoms with Crippen LogP contribution in [0.1, 0.15) is 35.2 Å². The molecule has 7 heteroatoms. The predicted molar refractivity (Wildman–Crippen MR) is 97.5 cm³/mol. The van der Waals surface area contributed by atoms with Crippen molar-refractivity contribution in [1.29, 1.82) is 0 Å². The average Bonchev–Trinajstić information content (AvgIpc) is 3.06. The Balaban J connectivity index is 1.97. The molecule has 24 heavy (non-hydrogen) atoms. The third kappa shape index (κ3) is 3.09. The van der Waals surface area contributed by atoms with Crippen LogP contribution in [0.5, 0.6) is 0 Å². The van der Waals surface area contributed by atoms with E-state index in [2.05, 4.69) is 17.0 Å². The van der Waals surface area contributed by atoms with E-state index in [0.29, 0.717) is 17.9 Å². The molecule has 126 valence electrons. The highest BCUT2D eigenvalue weighted by molar-refractivity contribution is 7.99. The second kappa shape index (κ2) is 6.28. The second-order valence-electron chi connectivity index (χ2n) is 6.02. The van der Waals surface area contributed by atoms with Crippen molar-refractivity contribution in [2.24, 2.45) is 5.73 Å². The molecule has 1 amide bonds. The quantitative estimate of drug-likeness (QED) is 0.791. The zero-order chi connectivity index (χ0) is 17.5. The van der Waals surface area contributed by atoms with Crippen molar-refractivity contribution in [1.82, 2.24) is 5.16 Å². The van der Waals surface area contributed by atoms with E-state index in [9.17, 15) is 4.79 Å². The zero-order valence-electron chi connectivity index (χ0n) is 14.1. The van der Waals surface area contributed by atoms with Crippen molar-refractivity contribution in [3.05, 3.63) is 28.0 Å². The molecule has 2 N–H and O–H groups in total. The molecular weight excluding hydrogens is 342 g/mol. The SMILES string of the molecule is Cc1cc([C@](C)(N)C#Cc2sc3c(c2C)SCCC(=O)N3C)no1. The van der Waals surface area contributed by atoms with Crippen molar-refractivity contribution in [2.75, 3.05) is 17.7 Å². The van der Waals surface area contributed by atoms with E-state index in [0.717, 1.165) is 26.1 Å². The van der Waals surface area contributed by atoms with Crippen molar-refractivity contribution >= 4 is 34.0 Å². The van der Waals surface area contributed by atoms with Crippen LogP contribution >= 0.6 is 23.1 Å². The molecule has 3 rings (SSSR count). The number of hydrogen-bond donors (Lipinski definition) is 1. The highest BCUT2D eigenvalue weighted by Crippen LogP contribution is 2.43. The third-order valence-corrected chi connectivity index (χ3v) is 6.52. The Morgan fingerprint density at radius 3 is 2.88 bits per heavy atom. The van der Waals surface area contributed by atoms with Crippen molar-refractivity contribution < 1.29 is 9.32 Å². The van der Waals surface area contributed by atoms with Gasteiger partial charge in [-0.25, -0.2) is 0 Å². The van der Waals surface area contributed by atoms with Gasteiger partial charge < -0.3 is 15.2 Å². The van der Waals surface area contributed by atoms with Crippen molar-refractivity contribution in [3.8, 4) is 11.8 Å². The number of aromatic nitrogens is 1. The maximum Gasteiger partial charge on any atom is 0.228 e. The maximum atomic E-state index is 12.0. The zero-order valence-corrected chi connectivity index (χ0v) is 15.7. The van der Waals surface area contributed by atoms with E-state index in [1.54, 1.807) is 22.7 Å². The van der Waals surface area contributed by atoms with Crippen LogP contribution < -0.4 is 10.6 Å². The summed E-state index contributed by atoms with van der Waals surface area (Å²) in [6, 6.07) is 1.80. The Hall–Kier alpha value is -1.75. The summed E-state index contributed by atoms with van der Waals surface area (Å²) >= 11 is 3.26. The molecule has 3 heterocycles. The molecule has 0 radical (unpaired) electrons. The lowest BCUT2D eigenvalue weighted by molar-refractivity contribution is -0.117. The second-order valence-corrected chi connectivity index (χ2v) is 8.12. The minimum atomic E-state index is -0.888. The summed E-state index contributed by atoms with van der Waals surface area (Å²) in [6.45, 7) is 5.68. The van der Waals surface area contributed by atoms with Crippen LogP contribution in [0.3, 0.4) is 0 Å². The number of amides is 1. The van der Waals surface area contributed by atoms with Crippen molar-refractivity contribution in [2.45, 2.75) is 37.6 Å². The number of carbonyl (C=O) groups is 1. The normalized spacial score (nSPS) is 16.9. The van der Waals surface area contributed by atoms with Crippen LogP contribution in [-0.2, 0) is 10.3 Å². The number of nitrogens with two attached hydrogens (primary N) is 1. The first-order chi connectivity index (χ1) is 11.3.